The second kappa shape index (κ2) is 9.61. The molecule has 5 nitrogen and oxygen atoms in total. The Bertz CT molecular complexity index is 317. The number of piperidine rings is 1. The van der Waals surface area contributed by atoms with Crippen molar-refractivity contribution in [1.29, 1.82) is 0 Å². The number of nitrogens with two attached hydrogens (primary N) is 1. The summed E-state index contributed by atoms with van der Waals surface area (Å²) in [5.74, 6) is 1.15. The molecule has 0 aromatic rings. The van der Waals surface area contributed by atoms with Crippen LogP contribution >= 0.6 is 0 Å². The molecule has 0 aromatic heterocycles. The fourth-order valence-corrected chi connectivity index (χ4v) is 2.79. The molecule has 1 saturated heterocycles. The van der Waals surface area contributed by atoms with Crippen LogP contribution in [0.15, 0.2) is 4.99 Å². The predicted octanol–water partition coefficient (Wildman–Crippen LogP) is 1.73. The van der Waals surface area contributed by atoms with E-state index < -0.39 is 0 Å². The van der Waals surface area contributed by atoms with Crippen LogP contribution in [0.3, 0.4) is 0 Å². The summed E-state index contributed by atoms with van der Waals surface area (Å²) < 4.78 is 0. The Morgan fingerprint density at radius 1 is 1.40 bits per heavy atom. The quantitative estimate of drug-likeness (QED) is 0.424. The van der Waals surface area contributed by atoms with Crippen LogP contribution in [-0.4, -0.2) is 43.4 Å². The van der Waals surface area contributed by atoms with Gasteiger partial charge in [-0.25, -0.2) is 0 Å². The van der Waals surface area contributed by atoms with E-state index in [9.17, 15) is 4.79 Å². The van der Waals surface area contributed by atoms with Crippen molar-refractivity contribution >= 4 is 11.9 Å². The molecular weight excluding hydrogens is 252 g/mol. The van der Waals surface area contributed by atoms with Crippen molar-refractivity contribution in [2.24, 2.45) is 16.6 Å². The van der Waals surface area contributed by atoms with Crippen LogP contribution in [0.4, 0.5) is 0 Å². The predicted molar refractivity (Wildman–Crippen MR) is 83.6 cm³/mol. The van der Waals surface area contributed by atoms with Crippen molar-refractivity contribution in [2.75, 3.05) is 26.7 Å². The monoisotopic (exact) mass is 282 g/mol. The normalized spacial score (nSPS) is 20.0. The number of nitrogens with one attached hydrogen (secondary N) is 1. The van der Waals surface area contributed by atoms with Gasteiger partial charge in [-0.2, -0.15) is 0 Å². The molecule has 1 rings (SSSR count). The summed E-state index contributed by atoms with van der Waals surface area (Å²) in [4.78, 5) is 17.7. The van der Waals surface area contributed by atoms with Crippen molar-refractivity contribution in [3.63, 3.8) is 0 Å². The Labute approximate surface area is 123 Å². The molecule has 20 heavy (non-hydrogen) atoms. The number of primary amides is 1. The molecule has 0 spiro atoms. The molecule has 0 bridgehead atoms. The number of rotatable bonds is 7. The SMILES string of the molecule is CCCCCCNC(=NC)N1CCCC(CC(N)=O)C1. The third-order valence-electron chi connectivity index (χ3n) is 3.83. The maximum Gasteiger partial charge on any atom is 0.217 e. The van der Waals surface area contributed by atoms with E-state index in [0.717, 1.165) is 38.4 Å². The van der Waals surface area contributed by atoms with Crippen LogP contribution in [-0.2, 0) is 4.79 Å². The molecule has 1 unspecified atom stereocenters. The molecule has 1 aliphatic rings. The number of likely N-dealkylation sites (tertiary alicyclic amines) is 1. The van der Waals surface area contributed by atoms with E-state index in [1.54, 1.807) is 0 Å². The van der Waals surface area contributed by atoms with Crippen molar-refractivity contribution in [2.45, 2.75) is 51.9 Å². The average Bonchev–Trinajstić information content (AvgIpc) is 2.42. The topological polar surface area (TPSA) is 70.7 Å². The summed E-state index contributed by atoms with van der Waals surface area (Å²) in [6, 6.07) is 0. The Kier molecular flexibility index (Phi) is 8.07. The summed E-state index contributed by atoms with van der Waals surface area (Å²) in [5.41, 5.74) is 5.30. The standard InChI is InChI=1S/C15H30N4O/c1-3-4-5-6-9-18-15(17-2)19-10-7-8-13(12-19)11-14(16)20/h13H,3-12H2,1-2H3,(H2,16,20)(H,17,18). The Hall–Kier alpha value is -1.26. The van der Waals surface area contributed by atoms with Gasteiger partial charge in [-0.3, -0.25) is 9.79 Å². The molecule has 1 heterocycles. The van der Waals surface area contributed by atoms with E-state index in [1.165, 1.54) is 25.7 Å². The van der Waals surface area contributed by atoms with Gasteiger partial charge in [-0.15, -0.1) is 0 Å². The van der Waals surface area contributed by atoms with Gasteiger partial charge < -0.3 is 16.0 Å². The molecule has 116 valence electrons. The smallest absolute Gasteiger partial charge is 0.217 e. The van der Waals surface area contributed by atoms with Gasteiger partial charge in [0, 0.05) is 33.1 Å². The lowest BCUT2D eigenvalue weighted by Gasteiger charge is -2.34. The summed E-state index contributed by atoms with van der Waals surface area (Å²) in [5, 5.41) is 3.43. The Balaban J connectivity index is 2.34. The van der Waals surface area contributed by atoms with Crippen molar-refractivity contribution < 1.29 is 4.79 Å². The number of carbonyl (C=O) groups is 1. The van der Waals surface area contributed by atoms with Gasteiger partial charge in [-0.1, -0.05) is 26.2 Å². The zero-order valence-corrected chi connectivity index (χ0v) is 13.0. The molecule has 1 atom stereocenters. The van der Waals surface area contributed by atoms with E-state index in [2.05, 4.69) is 22.1 Å². The number of amides is 1. The first kappa shape index (κ1) is 16.8. The minimum absolute atomic E-state index is 0.195. The van der Waals surface area contributed by atoms with Crippen LogP contribution in [0.25, 0.3) is 0 Å². The van der Waals surface area contributed by atoms with E-state index in [0.29, 0.717) is 12.3 Å². The number of nitrogens with zero attached hydrogens (tertiary/aromatic N) is 2. The maximum absolute atomic E-state index is 11.0. The maximum atomic E-state index is 11.0. The second-order valence-electron chi connectivity index (χ2n) is 5.66. The van der Waals surface area contributed by atoms with E-state index in [4.69, 9.17) is 5.73 Å². The number of hydrogen-bond acceptors (Lipinski definition) is 2. The molecule has 3 N–H and O–H groups in total. The lowest BCUT2D eigenvalue weighted by molar-refractivity contribution is -0.119. The molecular formula is C15H30N4O. The molecule has 0 saturated carbocycles. The van der Waals surface area contributed by atoms with Crippen molar-refractivity contribution in [3.8, 4) is 0 Å². The van der Waals surface area contributed by atoms with Gasteiger partial charge in [0.05, 0.1) is 0 Å². The van der Waals surface area contributed by atoms with E-state index in [-0.39, 0.29) is 5.91 Å². The zero-order valence-electron chi connectivity index (χ0n) is 13.0. The van der Waals surface area contributed by atoms with Gasteiger partial charge in [0.15, 0.2) is 5.96 Å². The number of unbranched alkanes of at least 4 members (excludes halogenated alkanes) is 3. The van der Waals surface area contributed by atoms with Gasteiger partial charge in [-0.05, 0) is 25.2 Å². The van der Waals surface area contributed by atoms with Gasteiger partial charge in [0.1, 0.15) is 0 Å². The first-order valence-electron chi connectivity index (χ1n) is 7.91. The summed E-state index contributed by atoms with van der Waals surface area (Å²) in [6.07, 6.45) is 7.70. The van der Waals surface area contributed by atoms with Crippen LogP contribution in [0.2, 0.25) is 0 Å². The van der Waals surface area contributed by atoms with E-state index in [1.807, 2.05) is 7.05 Å². The summed E-state index contributed by atoms with van der Waals surface area (Å²) in [6.45, 7) is 5.10. The van der Waals surface area contributed by atoms with Crippen LogP contribution in [0.1, 0.15) is 51.9 Å². The first-order valence-corrected chi connectivity index (χ1v) is 7.91. The molecule has 0 aromatic carbocycles. The summed E-state index contributed by atoms with van der Waals surface area (Å²) in [7, 11) is 1.83. The highest BCUT2D eigenvalue weighted by molar-refractivity contribution is 5.80. The summed E-state index contributed by atoms with van der Waals surface area (Å²) >= 11 is 0. The fourth-order valence-electron chi connectivity index (χ4n) is 2.79. The second-order valence-corrected chi connectivity index (χ2v) is 5.66. The van der Waals surface area contributed by atoms with Gasteiger partial charge in [0.2, 0.25) is 5.91 Å². The number of guanidine groups is 1. The van der Waals surface area contributed by atoms with E-state index >= 15 is 0 Å². The lowest BCUT2D eigenvalue weighted by atomic mass is 9.95. The molecule has 0 radical (unpaired) electrons. The van der Waals surface area contributed by atoms with Gasteiger partial charge in [0.25, 0.3) is 0 Å². The molecule has 5 heteroatoms. The zero-order chi connectivity index (χ0) is 14.8. The highest BCUT2D eigenvalue weighted by Gasteiger charge is 2.23. The van der Waals surface area contributed by atoms with Crippen molar-refractivity contribution in [1.82, 2.24) is 10.2 Å². The first-order chi connectivity index (χ1) is 9.67. The van der Waals surface area contributed by atoms with Gasteiger partial charge >= 0.3 is 0 Å². The van der Waals surface area contributed by atoms with Crippen molar-refractivity contribution in [3.05, 3.63) is 0 Å². The average molecular weight is 282 g/mol. The van der Waals surface area contributed by atoms with Crippen LogP contribution in [0, 0.1) is 5.92 Å². The third-order valence-corrected chi connectivity index (χ3v) is 3.83. The number of aliphatic imine (C=N–C) groups is 1. The number of carbonyl (C=O) groups excluding carboxylic acids is 1. The largest absolute Gasteiger partial charge is 0.370 e. The highest BCUT2D eigenvalue weighted by Crippen LogP contribution is 2.19. The Morgan fingerprint density at radius 3 is 2.85 bits per heavy atom. The highest BCUT2D eigenvalue weighted by atomic mass is 16.1. The lowest BCUT2D eigenvalue weighted by Crippen LogP contribution is -2.47. The van der Waals surface area contributed by atoms with Crippen LogP contribution < -0.4 is 11.1 Å². The Morgan fingerprint density at radius 2 is 2.20 bits per heavy atom. The minimum atomic E-state index is -0.195. The molecule has 0 aliphatic carbocycles. The molecule has 1 amide bonds. The minimum Gasteiger partial charge on any atom is -0.370 e. The molecule has 1 aliphatic heterocycles. The fraction of sp³-hybridized carbons (Fsp3) is 0.867. The third kappa shape index (κ3) is 6.26. The molecule has 1 fully saturated rings. The van der Waals surface area contributed by atoms with Crippen LogP contribution in [0.5, 0.6) is 0 Å². The number of hydrogen-bond donors (Lipinski definition) is 2.